The van der Waals surface area contributed by atoms with Crippen LogP contribution in [-0.4, -0.2) is 25.8 Å². The Hall–Kier alpha value is -2.47. The molecule has 0 amide bonds. The molecule has 0 aliphatic rings. The van der Waals surface area contributed by atoms with E-state index in [-0.39, 0.29) is 16.9 Å². The first-order valence-corrected chi connectivity index (χ1v) is 8.82. The van der Waals surface area contributed by atoms with Crippen molar-refractivity contribution < 1.29 is 9.18 Å². The van der Waals surface area contributed by atoms with E-state index >= 15 is 0 Å². The Morgan fingerprint density at radius 3 is 2.44 bits per heavy atom. The second-order valence-corrected chi connectivity index (χ2v) is 7.06. The molecule has 1 heterocycles. The summed E-state index contributed by atoms with van der Waals surface area (Å²) in [7, 11) is 0. The molecular formula is C19H18FN3OS. The number of carbonyl (C=O) groups excluding carboxylic acids is 1. The number of carbonyl (C=O) groups is 1. The minimum atomic E-state index is -0.294. The summed E-state index contributed by atoms with van der Waals surface area (Å²) in [6.07, 6.45) is 0. The van der Waals surface area contributed by atoms with Gasteiger partial charge in [-0.1, -0.05) is 42.1 Å². The molecule has 2 aromatic carbocycles. The Kier molecular flexibility index (Phi) is 5.28. The highest BCUT2D eigenvalue weighted by molar-refractivity contribution is 8.00. The van der Waals surface area contributed by atoms with Crippen molar-refractivity contribution in [1.82, 2.24) is 14.8 Å². The molecule has 128 valence electrons. The number of hydrogen-bond acceptors (Lipinski definition) is 4. The molecular weight excluding hydrogens is 337 g/mol. The summed E-state index contributed by atoms with van der Waals surface area (Å²) in [5.74, 6) is 0.447. The zero-order chi connectivity index (χ0) is 17.8. The van der Waals surface area contributed by atoms with Crippen LogP contribution in [0.1, 0.15) is 19.4 Å². The zero-order valence-corrected chi connectivity index (χ0v) is 14.8. The fourth-order valence-electron chi connectivity index (χ4n) is 2.34. The van der Waals surface area contributed by atoms with Crippen molar-refractivity contribution in [3.05, 3.63) is 66.0 Å². The van der Waals surface area contributed by atoms with Crippen molar-refractivity contribution in [2.24, 2.45) is 0 Å². The van der Waals surface area contributed by atoms with Gasteiger partial charge < -0.3 is 0 Å². The number of benzene rings is 2. The SMILES string of the molecule is CC(=O)[C@H](C)Sc1nnc(-c2ccc(F)cc2)n1Cc1ccccc1. The third-order valence-electron chi connectivity index (χ3n) is 3.86. The van der Waals surface area contributed by atoms with E-state index in [4.69, 9.17) is 0 Å². The summed E-state index contributed by atoms with van der Waals surface area (Å²) >= 11 is 1.38. The summed E-state index contributed by atoms with van der Waals surface area (Å²) in [6.45, 7) is 4.00. The first-order chi connectivity index (χ1) is 12.0. The largest absolute Gasteiger partial charge is 0.299 e. The Balaban J connectivity index is 2.01. The van der Waals surface area contributed by atoms with Gasteiger partial charge in [0, 0.05) is 5.56 Å². The van der Waals surface area contributed by atoms with Crippen molar-refractivity contribution in [2.45, 2.75) is 30.8 Å². The van der Waals surface area contributed by atoms with Crippen molar-refractivity contribution in [3.8, 4) is 11.4 Å². The van der Waals surface area contributed by atoms with Crippen molar-refractivity contribution in [3.63, 3.8) is 0 Å². The third kappa shape index (κ3) is 4.14. The summed E-state index contributed by atoms with van der Waals surface area (Å²) < 4.78 is 15.2. The minimum Gasteiger partial charge on any atom is -0.299 e. The van der Waals surface area contributed by atoms with E-state index in [1.54, 1.807) is 19.1 Å². The van der Waals surface area contributed by atoms with Crippen molar-refractivity contribution in [2.75, 3.05) is 0 Å². The maximum atomic E-state index is 13.2. The summed E-state index contributed by atoms with van der Waals surface area (Å²) in [5.41, 5.74) is 1.88. The summed E-state index contributed by atoms with van der Waals surface area (Å²) in [5, 5.41) is 9.01. The molecule has 0 radical (unpaired) electrons. The van der Waals surface area contributed by atoms with Gasteiger partial charge in [-0.3, -0.25) is 9.36 Å². The molecule has 1 atom stereocenters. The molecule has 0 aliphatic carbocycles. The highest BCUT2D eigenvalue weighted by Gasteiger charge is 2.19. The monoisotopic (exact) mass is 355 g/mol. The van der Waals surface area contributed by atoms with E-state index < -0.39 is 0 Å². The molecule has 0 unspecified atom stereocenters. The molecule has 0 fully saturated rings. The highest BCUT2D eigenvalue weighted by atomic mass is 32.2. The zero-order valence-electron chi connectivity index (χ0n) is 14.0. The molecule has 6 heteroatoms. The topological polar surface area (TPSA) is 47.8 Å². The summed E-state index contributed by atoms with van der Waals surface area (Å²) in [4.78, 5) is 11.6. The lowest BCUT2D eigenvalue weighted by Crippen LogP contribution is -2.11. The molecule has 0 saturated carbocycles. The van der Waals surface area contributed by atoms with Gasteiger partial charge in [-0.25, -0.2) is 4.39 Å². The van der Waals surface area contributed by atoms with E-state index in [2.05, 4.69) is 10.2 Å². The molecule has 4 nitrogen and oxygen atoms in total. The van der Waals surface area contributed by atoms with Crippen LogP contribution in [0.4, 0.5) is 4.39 Å². The number of aromatic nitrogens is 3. The first kappa shape index (κ1) is 17.4. The fraction of sp³-hybridized carbons (Fsp3) is 0.211. The molecule has 0 spiro atoms. The smallest absolute Gasteiger partial charge is 0.192 e. The van der Waals surface area contributed by atoms with Gasteiger partial charge in [0.2, 0.25) is 0 Å². The van der Waals surface area contributed by atoms with Crippen molar-refractivity contribution in [1.29, 1.82) is 0 Å². The van der Waals surface area contributed by atoms with E-state index in [1.165, 1.54) is 23.9 Å². The van der Waals surface area contributed by atoms with E-state index in [0.29, 0.717) is 17.5 Å². The van der Waals surface area contributed by atoms with Gasteiger partial charge in [-0.05, 0) is 43.7 Å². The number of hydrogen-bond donors (Lipinski definition) is 0. The average molecular weight is 355 g/mol. The standard InChI is InChI=1S/C19H18FN3OS/c1-13(24)14(2)25-19-22-21-18(16-8-10-17(20)11-9-16)23(19)12-15-6-4-3-5-7-15/h3-11,14H,12H2,1-2H3/t14-/m0/s1. The number of Topliss-reactive ketones (excluding diaryl/α,β-unsaturated/α-hetero) is 1. The number of thioether (sulfide) groups is 1. The lowest BCUT2D eigenvalue weighted by Gasteiger charge is -2.12. The van der Waals surface area contributed by atoms with Gasteiger partial charge in [0.15, 0.2) is 11.0 Å². The van der Waals surface area contributed by atoms with Gasteiger partial charge in [0.05, 0.1) is 11.8 Å². The second kappa shape index (κ2) is 7.61. The van der Waals surface area contributed by atoms with Crippen LogP contribution in [0.25, 0.3) is 11.4 Å². The molecule has 0 saturated heterocycles. The van der Waals surface area contributed by atoms with Crippen LogP contribution in [0.3, 0.4) is 0 Å². The Labute approximate surface area is 150 Å². The number of nitrogens with zero attached hydrogens (tertiary/aromatic N) is 3. The van der Waals surface area contributed by atoms with Crippen LogP contribution in [0.2, 0.25) is 0 Å². The van der Waals surface area contributed by atoms with Crippen LogP contribution in [0.15, 0.2) is 59.8 Å². The van der Waals surface area contributed by atoms with Gasteiger partial charge in [0.1, 0.15) is 11.6 Å². The maximum absolute atomic E-state index is 13.2. The Morgan fingerprint density at radius 1 is 1.12 bits per heavy atom. The van der Waals surface area contributed by atoms with E-state index in [0.717, 1.165) is 11.1 Å². The maximum Gasteiger partial charge on any atom is 0.192 e. The number of ketones is 1. The van der Waals surface area contributed by atoms with Crippen molar-refractivity contribution >= 4 is 17.5 Å². The molecule has 0 aliphatic heterocycles. The third-order valence-corrected chi connectivity index (χ3v) is 5.06. The minimum absolute atomic E-state index is 0.0857. The lowest BCUT2D eigenvalue weighted by atomic mass is 10.2. The van der Waals surface area contributed by atoms with Gasteiger partial charge in [0.25, 0.3) is 0 Å². The Morgan fingerprint density at radius 2 is 1.80 bits per heavy atom. The fourth-order valence-corrected chi connectivity index (χ4v) is 3.19. The van der Waals surface area contributed by atoms with Crippen LogP contribution in [0, 0.1) is 5.82 Å². The van der Waals surface area contributed by atoms with E-state index in [9.17, 15) is 9.18 Å². The summed E-state index contributed by atoms with van der Waals surface area (Å²) in [6, 6.07) is 16.1. The van der Waals surface area contributed by atoms with Crippen LogP contribution < -0.4 is 0 Å². The number of rotatable bonds is 6. The van der Waals surface area contributed by atoms with Gasteiger partial charge >= 0.3 is 0 Å². The molecule has 3 aromatic rings. The predicted octanol–water partition coefficient (Wildman–Crippen LogP) is 4.20. The average Bonchev–Trinajstić information content (AvgIpc) is 2.99. The highest BCUT2D eigenvalue weighted by Crippen LogP contribution is 2.28. The van der Waals surface area contributed by atoms with Gasteiger partial charge in [-0.2, -0.15) is 0 Å². The second-order valence-electron chi connectivity index (χ2n) is 5.76. The molecule has 1 aromatic heterocycles. The van der Waals surface area contributed by atoms with E-state index in [1.807, 2.05) is 41.8 Å². The Bertz CT molecular complexity index is 862. The predicted molar refractivity (Wildman–Crippen MR) is 97.0 cm³/mol. The number of halogens is 1. The first-order valence-electron chi connectivity index (χ1n) is 7.95. The van der Waals surface area contributed by atoms with Gasteiger partial charge in [-0.15, -0.1) is 10.2 Å². The quantitative estimate of drug-likeness (QED) is 0.622. The van der Waals surface area contributed by atoms with Crippen LogP contribution in [-0.2, 0) is 11.3 Å². The molecule has 0 bridgehead atoms. The normalized spacial score (nSPS) is 12.1. The lowest BCUT2D eigenvalue weighted by molar-refractivity contribution is -0.116. The van der Waals surface area contributed by atoms with Crippen LogP contribution in [0.5, 0.6) is 0 Å². The molecule has 0 N–H and O–H groups in total. The van der Waals surface area contributed by atoms with Crippen LogP contribution >= 0.6 is 11.8 Å². The molecule has 3 rings (SSSR count). The molecule has 25 heavy (non-hydrogen) atoms.